The molecule has 3 atom stereocenters. The van der Waals surface area contributed by atoms with Crippen molar-refractivity contribution in [3.05, 3.63) is 42.0 Å². The number of phenols is 1. The summed E-state index contributed by atoms with van der Waals surface area (Å²) >= 11 is 1.82. The minimum absolute atomic E-state index is 0.0595. The van der Waals surface area contributed by atoms with Gasteiger partial charge in [-0.2, -0.15) is 0 Å². The van der Waals surface area contributed by atoms with Crippen molar-refractivity contribution in [1.82, 2.24) is 15.5 Å². The molecule has 1 aromatic heterocycles. The fourth-order valence-electron chi connectivity index (χ4n) is 3.97. The van der Waals surface area contributed by atoms with Gasteiger partial charge in [0.2, 0.25) is 0 Å². The van der Waals surface area contributed by atoms with E-state index in [9.17, 15) is 9.90 Å². The predicted molar refractivity (Wildman–Crippen MR) is 112 cm³/mol. The Bertz CT molecular complexity index is 870. The number of carbonyl (C=O) groups excluding carboxylic acids is 1. The molecule has 0 aliphatic carbocycles. The van der Waals surface area contributed by atoms with Gasteiger partial charge < -0.3 is 10.4 Å². The number of nitrogens with one attached hydrogen (secondary N) is 1. The summed E-state index contributed by atoms with van der Waals surface area (Å²) in [5.74, 6) is 0.194. The number of rotatable bonds is 6. The van der Waals surface area contributed by atoms with Gasteiger partial charge in [0.05, 0.1) is 5.69 Å². The molecule has 2 bridgehead atoms. The van der Waals surface area contributed by atoms with Crippen LogP contribution in [0.15, 0.2) is 41.4 Å². The van der Waals surface area contributed by atoms with Gasteiger partial charge in [0.15, 0.2) is 5.78 Å². The number of piperidine rings is 1. The van der Waals surface area contributed by atoms with Gasteiger partial charge in [-0.05, 0) is 61.6 Å². The molecule has 2 fully saturated rings. The fourth-order valence-corrected chi connectivity index (χ4v) is 5.21. The first-order valence-corrected chi connectivity index (χ1v) is 10.8. The largest absolute Gasteiger partial charge is 0.507 e. The van der Waals surface area contributed by atoms with Gasteiger partial charge in [0.25, 0.3) is 0 Å². The fraction of sp³-hybridized carbons (Fsp3) is 0.409. The van der Waals surface area contributed by atoms with Gasteiger partial charge in [-0.1, -0.05) is 19.1 Å². The van der Waals surface area contributed by atoms with E-state index in [2.05, 4.69) is 15.5 Å². The smallest absolute Gasteiger partial charge is 0.155 e. The maximum atomic E-state index is 11.4. The second-order valence-electron chi connectivity index (χ2n) is 7.54. The lowest BCUT2D eigenvalue weighted by Crippen LogP contribution is -2.39. The summed E-state index contributed by atoms with van der Waals surface area (Å²) in [6.07, 6.45) is 8.70. The van der Waals surface area contributed by atoms with Crippen LogP contribution in [-0.4, -0.2) is 38.4 Å². The number of phenolic OH excluding ortho intramolecular Hbond substituents is 1. The van der Waals surface area contributed by atoms with Crippen molar-refractivity contribution >= 4 is 23.6 Å². The Labute approximate surface area is 169 Å². The van der Waals surface area contributed by atoms with Crippen molar-refractivity contribution < 1.29 is 9.90 Å². The summed E-state index contributed by atoms with van der Waals surface area (Å²) in [7, 11) is 0. The Morgan fingerprint density at radius 1 is 1.21 bits per heavy atom. The number of aromatic nitrogens is 2. The summed E-state index contributed by atoms with van der Waals surface area (Å²) in [6, 6.07) is 10.6. The van der Waals surface area contributed by atoms with E-state index in [4.69, 9.17) is 0 Å². The third-order valence-electron chi connectivity index (χ3n) is 5.47. The Morgan fingerprint density at radius 3 is 2.64 bits per heavy atom. The normalized spacial score (nSPS) is 24.0. The SMILES string of the molecule is CCC(=O)/C=C/c1ccc(-c2ccc(SC3C[C@H]4CC[C@@H](C3)N4)nn2)c(O)c1. The average molecular weight is 396 g/mol. The van der Waals surface area contributed by atoms with Gasteiger partial charge in [0.1, 0.15) is 10.8 Å². The van der Waals surface area contributed by atoms with Gasteiger partial charge in [-0.25, -0.2) is 0 Å². The molecule has 6 heteroatoms. The van der Waals surface area contributed by atoms with E-state index in [0.29, 0.717) is 35.0 Å². The van der Waals surface area contributed by atoms with Gasteiger partial charge >= 0.3 is 0 Å². The topological polar surface area (TPSA) is 75.1 Å². The highest BCUT2D eigenvalue weighted by Gasteiger charge is 2.34. The first-order valence-electron chi connectivity index (χ1n) is 9.91. The molecule has 5 nitrogen and oxygen atoms in total. The zero-order valence-corrected chi connectivity index (χ0v) is 16.8. The standard InChI is InChI=1S/C22H25N3O2S/c1-2-17(26)7-3-14-4-8-19(21(27)11-14)20-9-10-22(25-24-20)28-18-12-15-5-6-16(13-18)23-15/h3-4,7-11,15-16,18,23,27H,2,5-6,12-13H2,1H3/b7-3+/t15-,16+,18?. The summed E-state index contributed by atoms with van der Waals surface area (Å²) in [5, 5.41) is 24.3. The van der Waals surface area contributed by atoms with Crippen molar-refractivity contribution in [2.45, 2.75) is 61.4 Å². The quantitative estimate of drug-likeness (QED) is 0.714. The van der Waals surface area contributed by atoms with Crippen LogP contribution in [0.4, 0.5) is 0 Å². The average Bonchev–Trinajstić information content (AvgIpc) is 3.05. The van der Waals surface area contributed by atoms with Gasteiger partial charge in [0, 0.05) is 29.3 Å². The van der Waals surface area contributed by atoms with Gasteiger partial charge in [-0.15, -0.1) is 22.0 Å². The minimum Gasteiger partial charge on any atom is -0.507 e. The van der Waals surface area contributed by atoms with Crippen LogP contribution in [0.2, 0.25) is 0 Å². The molecule has 2 aliphatic heterocycles. The van der Waals surface area contributed by atoms with Crippen LogP contribution in [0.1, 0.15) is 44.6 Å². The zero-order chi connectivity index (χ0) is 19.5. The number of fused-ring (bicyclic) bond motifs is 2. The Hall–Kier alpha value is -2.18. The molecule has 0 radical (unpaired) electrons. The molecule has 2 aliphatic rings. The summed E-state index contributed by atoms with van der Waals surface area (Å²) < 4.78 is 0. The van der Waals surface area contributed by atoms with E-state index in [1.54, 1.807) is 12.1 Å². The van der Waals surface area contributed by atoms with E-state index >= 15 is 0 Å². The number of thioether (sulfide) groups is 1. The molecule has 2 saturated heterocycles. The van der Waals surface area contributed by atoms with E-state index < -0.39 is 0 Å². The molecular weight excluding hydrogens is 370 g/mol. The van der Waals surface area contributed by atoms with Crippen LogP contribution in [0.25, 0.3) is 17.3 Å². The molecule has 1 unspecified atom stereocenters. The predicted octanol–water partition coefficient (Wildman–Crippen LogP) is 4.22. The van der Waals surface area contributed by atoms with Crippen LogP contribution >= 0.6 is 11.8 Å². The monoisotopic (exact) mass is 395 g/mol. The van der Waals surface area contributed by atoms with Crippen molar-refractivity contribution in [1.29, 1.82) is 0 Å². The number of aromatic hydroxyl groups is 1. The summed E-state index contributed by atoms with van der Waals surface area (Å²) in [6.45, 7) is 1.82. The van der Waals surface area contributed by atoms with Crippen LogP contribution in [0, 0.1) is 0 Å². The highest BCUT2D eigenvalue weighted by molar-refractivity contribution is 7.99. The van der Waals surface area contributed by atoms with Crippen molar-refractivity contribution in [2.24, 2.45) is 0 Å². The molecule has 0 spiro atoms. The number of ketones is 1. The van der Waals surface area contributed by atoms with Crippen LogP contribution < -0.4 is 5.32 Å². The first-order chi connectivity index (χ1) is 13.6. The van der Waals surface area contributed by atoms with E-state index in [1.165, 1.54) is 31.8 Å². The molecule has 0 amide bonds. The number of carbonyl (C=O) groups is 1. The molecule has 2 aromatic rings. The Morgan fingerprint density at radius 2 is 2.00 bits per heavy atom. The lowest BCUT2D eigenvalue weighted by molar-refractivity contribution is -0.114. The van der Waals surface area contributed by atoms with E-state index in [0.717, 1.165) is 10.6 Å². The third-order valence-corrected chi connectivity index (χ3v) is 6.64. The summed E-state index contributed by atoms with van der Waals surface area (Å²) in [5.41, 5.74) is 2.07. The summed E-state index contributed by atoms with van der Waals surface area (Å²) in [4.78, 5) is 11.4. The van der Waals surface area contributed by atoms with Gasteiger partial charge in [-0.3, -0.25) is 4.79 Å². The van der Waals surface area contributed by atoms with Crippen molar-refractivity contribution in [2.75, 3.05) is 0 Å². The maximum absolute atomic E-state index is 11.4. The molecule has 28 heavy (non-hydrogen) atoms. The highest BCUT2D eigenvalue weighted by atomic mass is 32.2. The second-order valence-corrected chi connectivity index (χ2v) is 8.86. The molecule has 2 N–H and O–H groups in total. The number of hydrogen-bond donors (Lipinski definition) is 2. The van der Waals surface area contributed by atoms with Crippen molar-refractivity contribution in [3.8, 4) is 17.0 Å². The molecule has 146 valence electrons. The third kappa shape index (κ3) is 4.45. The number of benzene rings is 1. The highest BCUT2D eigenvalue weighted by Crippen LogP contribution is 2.37. The molecule has 0 saturated carbocycles. The van der Waals surface area contributed by atoms with Crippen LogP contribution in [-0.2, 0) is 4.79 Å². The molecular formula is C22H25N3O2S. The Kier molecular flexibility index (Phi) is 5.78. The lowest BCUT2D eigenvalue weighted by Gasteiger charge is -2.28. The van der Waals surface area contributed by atoms with Crippen LogP contribution in [0.3, 0.4) is 0 Å². The van der Waals surface area contributed by atoms with Crippen LogP contribution in [0.5, 0.6) is 5.75 Å². The minimum atomic E-state index is 0.0595. The number of nitrogens with zero attached hydrogens (tertiary/aromatic N) is 2. The molecule has 3 heterocycles. The number of allylic oxidation sites excluding steroid dienone is 1. The van der Waals surface area contributed by atoms with E-state index in [-0.39, 0.29) is 11.5 Å². The molecule has 1 aromatic carbocycles. The first kappa shape index (κ1) is 19.2. The molecule has 4 rings (SSSR count). The Balaban J connectivity index is 1.43. The maximum Gasteiger partial charge on any atom is 0.155 e. The van der Waals surface area contributed by atoms with Crippen molar-refractivity contribution in [3.63, 3.8) is 0 Å². The zero-order valence-electron chi connectivity index (χ0n) is 16.0. The lowest BCUT2D eigenvalue weighted by atomic mass is 10.1. The van der Waals surface area contributed by atoms with E-state index in [1.807, 2.05) is 43.0 Å². The second kappa shape index (κ2) is 8.45. The number of hydrogen-bond acceptors (Lipinski definition) is 6.